The highest BCUT2D eigenvalue weighted by atomic mass is 16.5. The Labute approximate surface area is 132 Å². The van der Waals surface area contributed by atoms with Gasteiger partial charge in [0, 0.05) is 25.8 Å². The van der Waals surface area contributed by atoms with E-state index in [-0.39, 0.29) is 18.6 Å². The first-order valence-electron chi connectivity index (χ1n) is 7.94. The number of nitrogens with one attached hydrogen (secondary N) is 2. The molecule has 2 amide bonds. The molecule has 1 aromatic rings. The van der Waals surface area contributed by atoms with Gasteiger partial charge in [0.1, 0.15) is 0 Å². The van der Waals surface area contributed by atoms with Gasteiger partial charge in [0.15, 0.2) is 0 Å². The molecule has 1 heterocycles. The maximum absolute atomic E-state index is 11.9. The molecule has 0 bridgehead atoms. The number of ether oxygens (including phenoxy) is 1. The van der Waals surface area contributed by atoms with E-state index in [1.54, 1.807) is 6.92 Å². The van der Waals surface area contributed by atoms with Crippen molar-refractivity contribution in [1.29, 1.82) is 0 Å². The van der Waals surface area contributed by atoms with Crippen LogP contribution in [0.1, 0.15) is 31.7 Å². The molecule has 0 aliphatic carbocycles. The van der Waals surface area contributed by atoms with Gasteiger partial charge in [-0.2, -0.15) is 0 Å². The van der Waals surface area contributed by atoms with Gasteiger partial charge in [-0.1, -0.05) is 30.3 Å². The lowest BCUT2D eigenvalue weighted by molar-refractivity contribution is 0.0523. The number of rotatable bonds is 6. The van der Waals surface area contributed by atoms with Gasteiger partial charge in [0.05, 0.1) is 5.60 Å². The monoisotopic (exact) mass is 306 g/mol. The first-order valence-corrected chi connectivity index (χ1v) is 7.94. The number of aliphatic hydroxyl groups is 1. The quantitative estimate of drug-likeness (QED) is 0.751. The Kier molecular flexibility index (Phi) is 6.21. The van der Waals surface area contributed by atoms with Gasteiger partial charge in [-0.15, -0.1) is 0 Å². The molecule has 0 spiro atoms. The lowest BCUT2D eigenvalue weighted by atomic mass is 9.97. The van der Waals surface area contributed by atoms with E-state index < -0.39 is 5.60 Å². The van der Waals surface area contributed by atoms with Crippen molar-refractivity contribution in [1.82, 2.24) is 10.6 Å². The van der Waals surface area contributed by atoms with Crippen molar-refractivity contribution >= 4 is 6.03 Å². The minimum Gasteiger partial charge on any atom is -0.388 e. The second-order valence-electron chi connectivity index (χ2n) is 6.20. The predicted octanol–water partition coefficient (Wildman–Crippen LogP) is 1.85. The number of amides is 2. The molecule has 122 valence electrons. The zero-order valence-corrected chi connectivity index (χ0v) is 13.2. The highest BCUT2D eigenvalue weighted by Gasteiger charge is 2.22. The summed E-state index contributed by atoms with van der Waals surface area (Å²) in [5, 5.41) is 16.1. The number of hydrogen-bond donors (Lipinski definition) is 3. The van der Waals surface area contributed by atoms with Gasteiger partial charge < -0.3 is 20.5 Å². The molecule has 1 fully saturated rings. The predicted molar refractivity (Wildman–Crippen MR) is 85.8 cm³/mol. The van der Waals surface area contributed by atoms with E-state index in [2.05, 4.69) is 10.6 Å². The first-order chi connectivity index (χ1) is 10.6. The number of aryl methyl sites for hydroxylation is 1. The van der Waals surface area contributed by atoms with Crippen molar-refractivity contribution in [3.63, 3.8) is 0 Å². The van der Waals surface area contributed by atoms with Gasteiger partial charge >= 0.3 is 6.03 Å². The Morgan fingerprint density at radius 2 is 2.00 bits per heavy atom. The van der Waals surface area contributed by atoms with Crippen LogP contribution in [-0.4, -0.2) is 42.5 Å². The van der Waals surface area contributed by atoms with Crippen LogP contribution in [0.3, 0.4) is 0 Å². The fourth-order valence-corrected chi connectivity index (χ4v) is 2.50. The van der Waals surface area contributed by atoms with E-state index in [1.165, 1.54) is 5.56 Å². The lowest BCUT2D eigenvalue weighted by Crippen LogP contribution is -2.49. The highest BCUT2D eigenvalue weighted by molar-refractivity contribution is 5.74. The average Bonchev–Trinajstić information content (AvgIpc) is 2.53. The maximum Gasteiger partial charge on any atom is 0.315 e. The van der Waals surface area contributed by atoms with E-state index in [9.17, 15) is 9.90 Å². The van der Waals surface area contributed by atoms with Crippen LogP contribution >= 0.6 is 0 Å². The number of carbonyl (C=O) groups is 1. The largest absolute Gasteiger partial charge is 0.388 e. The van der Waals surface area contributed by atoms with Crippen LogP contribution in [-0.2, 0) is 11.2 Å². The summed E-state index contributed by atoms with van der Waals surface area (Å²) in [6.45, 7) is 3.39. The van der Waals surface area contributed by atoms with Crippen molar-refractivity contribution in [3.8, 4) is 0 Å². The van der Waals surface area contributed by atoms with E-state index in [4.69, 9.17) is 4.74 Å². The summed E-state index contributed by atoms with van der Waals surface area (Å²) < 4.78 is 5.26. The standard InChI is InChI=1S/C17H26N2O3/c1-17(21,10-7-14-5-3-2-4-6-14)13-18-16(20)19-15-8-11-22-12-9-15/h2-6,15,21H,7-13H2,1H3,(H2,18,19,20)/t17-/m0/s1. The molecule has 2 rings (SSSR count). The van der Waals surface area contributed by atoms with Crippen LogP contribution in [0, 0.1) is 0 Å². The molecule has 1 aromatic carbocycles. The van der Waals surface area contributed by atoms with Crippen LogP contribution in [0.4, 0.5) is 4.79 Å². The average molecular weight is 306 g/mol. The Morgan fingerprint density at radius 1 is 1.32 bits per heavy atom. The SMILES string of the molecule is C[C@](O)(CCc1ccccc1)CNC(=O)NC1CCOCC1. The van der Waals surface area contributed by atoms with Crippen molar-refractivity contribution in [3.05, 3.63) is 35.9 Å². The van der Waals surface area contributed by atoms with Gasteiger partial charge in [-0.25, -0.2) is 4.79 Å². The third-order valence-electron chi connectivity index (χ3n) is 3.98. The third kappa shape index (κ3) is 6.03. The van der Waals surface area contributed by atoms with Crippen LogP contribution in [0.2, 0.25) is 0 Å². The normalized spacial score (nSPS) is 18.5. The third-order valence-corrected chi connectivity index (χ3v) is 3.98. The Hall–Kier alpha value is -1.59. The van der Waals surface area contributed by atoms with Gasteiger partial charge in [0.25, 0.3) is 0 Å². The molecule has 0 aromatic heterocycles. The van der Waals surface area contributed by atoms with E-state index in [0.717, 1.165) is 19.3 Å². The van der Waals surface area contributed by atoms with Crippen LogP contribution in [0.25, 0.3) is 0 Å². The van der Waals surface area contributed by atoms with Crippen LogP contribution < -0.4 is 10.6 Å². The molecule has 0 unspecified atom stereocenters. The fraction of sp³-hybridized carbons (Fsp3) is 0.588. The van der Waals surface area contributed by atoms with Crippen molar-refractivity contribution in [2.75, 3.05) is 19.8 Å². The summed E-state index contributed by atoms with van der Waals surface area (Å²) in [5.41, 5.74) is 0.275. The second kappa shape index (κ2) is 8.15. The first kappa shape index (κ1) is 16.8. The molecule has 1 atom stereocenters. The molecule has 22 heavy (non-hydrogen) atoms. The Balaban J connectivity index is 1.68. The van der Waals surface area contributed by atoms with Crippen LogP contribution in [0.5, 0.6) is 0 Å². The number of hydrogen-bond acceptors (Lipinski definition) is 3. The zero-order valence-electron chi connectivity index (χ0n) is 13.2. The molecule has 1 aliphatic heterocycles. The van der Waals surface area contributed by atoms with Crippen molar-refractivity contribution in [2.45, 2.75) is 44.2 Å². The van der Waals surface area contributed by atoms with E-state index in [1.807, 2.05) is 30.3 Å². The minimum absolute atomic E-state index is 0.169. The van der Waals surface area contributed by atoms with Gasteiger partial charge in [-0.05, 0) is 38.2 Å². The molecule has 1 aliphatic rings. The molecule has 5 heteroatoms. The molecular formula is C17H26N2O3. The molecular weight excluding hydrogens is 280 g/mol. The smallest absolute Gasteiger partial charge is 0.315 e. The molecule has 0 radical (unpaired) electrons. The van der Waals surface area contributed by atoms with E-state index >= 15 is 0 Å². The number of urea groups is 1. The summed E-state index contributed by atoms with van der Waals surface area (Å²) in [7, 11) is 0. The number of carbonyl (C=O) groups excluding carboxylic acids is 1. The summed E-state index contributed by atoms with van der Waals surface area (Å²) in [6.07, 6.45) is 3.08. The number of benzene rings is 1. The maximum atomic E-state index is 11.9. The van der Waals surface area contributed by atoms with E-state index in [0.29, 0.717) is 19.6 Å². The topological polar surface area (TPSA) is 70.6 Å². The fourth-order valence-electron chi connectivity index (χ4n) is 2.50. The molecule has 3 N–H and O–H groups in total. The Morgan fingerprint density at radius 3 is 2.68 bits per heavy atom. The highest BCUT2D eigenvalue weighted by Crippen LogP contribution is 2.13. The summed E-state index contributed by atoms with van der Waals surface area (Å²) in [5.74, 6) is 0. The second-order valence-corrected chi connectivity index (χ2v) is 6.20. The zero-order chi connectivity index (χ0) is 15.8. The molecule has 5 nitrogen and oxygen atoms in total. The summed E-state index contributed by atoms with van der Waals surface area (Å²) >= 11 is 0. The van der Waals surface area contributed by atoms with Gasteiger partial charge in [-0.3, -0.25) is 0 Å². The Bertz CT molecular complexity index is 456. The molecule has 1 saturated heterocycles. The minimum atomic E-state index is -0.914. The van der Waals surface area contributed by atoms with Crippen LogP contribution in [0.15, 0.2) is 30.3 Å². The van der Waals surface area contributed by atoms with Crippen molar-refractivity contribution in [2.24, 2.45) is 0 Å². The van der Waals surface area contributed by atoms with Gasteiger partial charge in [0.2, 0.25) is 0 Å². The summed E-state index contributed by atoms with van der Waals surface area (Å²) in [4.78, 5) is 11.9. The molecule has 0 saturated carbocycles. The lowest BCUT2D eigenvalue weighted by Gasteiger charge is -2.26. The van der Waals surface area contributed by atoms with Crippen molar-refractivity contribution < 1.29 is 14.6 Å². The summed E-state index contributed by atoms with van der Waals surface area (Å²) in [6, 6.07) is 10.00.